The van der Waals surface area contributed by atoms with E-state index in [1.54, 1.807) is 6.92 Å². The lowest BCUT2D eigenvalue weighted by atomic mass is 9.89. The largest absolute Gasteiger partial charge is 0.508 e. The number of aliphatic hydroxyl groups is 2. The third kappa shape index (κ3) is 12.7. The number of morpholine rings is 1. The molecule has 486 valence electrons. The number of fused-ring (bicyclic) bond motifs is 14. The molecular formula is C65H58Cl2N8O19. The van der Waals surface area contributed by atoms with Gasteiger partial charge in [-0.1, -0.05) is 47.5 Å². The van der Waals surface area contributed by atoms with Gasteiger partial charge in [0.1, 0.15) is 88.6 Å². The Morgan fingerprint density at radius 2 is 1.16 bits per heavy atom. The molecule has 29 heteroatoms. The van der Waals surface area contributed by atoms with Gasteiger partial charge in [-0.05, 0) is 125 Å². The molecule has 0 saturated carbocycles. The maximum atomic E-state index is 15.9. The summed E-state index contributed by atoms with van der Waals surface area (Å²) in [6.45, 7) is 1.35. The van der Waals surface area contributed by atoms with Crippen molar-refractivity contribution in [2.24, 2.45) is 0 Å². The van der Waals surface area contributed by atoms with E-state index in [9.17, 15) is 50.4 Å². The Hall–Kier alpha value is -10.6. The van der Waals surface area contributed by atoms with Crippen molar-refractivity contribution in [2.45, 2.75) is 67.8 Å². The number of hydrogen-bond donors (Lipinski definition) is 15. The Morgan fingerprint density at radius 3 is 1.84 bits per heavy atom. The van der Waals surface area contributed by atoms with Crippen LogP contribution in [-0.2, 0) is 44.7 Å². The van der Waals surface area contributed by atoms with Gasteiger partial charge in [0.15, 0.2) is 23.0 Å². The van der Waals surface area contributed by atoms with Gasteiger partial charge in [0, 0.05) is 48.8 Å². The minimum Gasteiger partial charge on any atom is -0.508 e. The monoisotopic (exact) mass is 1320 g/mol. The van der Waals surface area contributed by atoms with Gasteiger partial charge in [-0.25, -0.2) is 0 Å². The molecule has 7 amide bonds. The average molecular weight is 1330 g/mol. The summed E-state index contributed by atoms with van der Waals surface area (Å²) >= 11 is 13.9. The van der Waals surface area contributed by atoms with E-state index >= 15 is 24.0 Å². The van der Waals surface area contributed by atoms with Crippen LogP contribution in [0.4, 0.5) is 0 Å². The molecule has 1 fully saturated rings. The Bertz CT molecular complexity index is 4280. The van der Waals surface area contributed by atoms with Crippen LogP contribution < -0.4 is 51.4 Å². The van der Waals surface area contributed by atoms with E-state index in [2.05, 4.69) is 37.2 Å². The fraction of sp³-hybridized carbons (Fsp3) is 0.246. The lowest BCUT2D eigenvalue weighted by Gasteiger charge is -2.34. The van der Waals surface area contributed by atoms with Crippen molar-refractivity contribution >= 4 is 64.6 Å². The van der Waals surface area contributed by atoms with Crippen LogP contribution in [0.2, 0.25) is 10.0 Å². The number of phenolic OH excluding ortho intramolecular Hbond substituents is 6. The van der Waals surface area contributed by atoms with Gasteiger partial charge in [-0.3, -0.25) is 38.9 Å². The highest BCUT2D eigenvalue weighted by atomic mass is 35.5. The summed E-state index contributed by atoms with van der Waals surface area (Å²) in [7, 11) is 0. The standard InChI is InChI=1S/C65H58Cl2N8O19/c1-27(26-76)68-51-30-4-7-43(80)47(20-30)92-36-17-32(16-34(77)23-36)53-62(87)72-54-33-21-48(93-45-8-2-28(14-39(45)66)15-41(59(84)70-53)69-60(51)85)58(83)49(22-33)94-46-9-5-31(19-40(46)67)57(82)56-64(89)73-55(65(90)75-10-12-91-13-11-75)38-24-35(78)25-44(81)50(38)37-18-29(3-6-42(37)79)52(61(86)74-56)71-63(54)88/h2-9,14,16-25,27,41,51-57,68,76-83H,10-13,15,26H2,1H3,(H,69,85)(H,70,84)(H,71,88)(H,72,87)(H,73,89)(H,74,86)/t27?,41-,51+,52-,53+,54-,55-,56+,57-/m1/s1. The number of aliphatic hydroxyl groups excluding tert-OH is 2. The minimum absolute atomic E-state index is 0.0241. The maximum absolute atomic E-state index is 15.9. The van der Waals surface area contributed by atoms with Gasteiger partial charge in [-0.2, -0.15) is 0 Å². The van der Waals surface area contributed by atoms with Gasteiger partial charge in [0.2, 0.25) is 47.1 Å². The summed E-state index contributed by atoms with van der Waals surface area (Å²) < 4.78 is 24.2. The van der Waals surface area contributed by atoms with Gasteiger partial charge < -0.3 is 96.6 Å². The number of amides is 7. The first-order valence-corrected chi connectivity index (χ1v) is 30.0. The molecule has 94 heavy (non-hydrogen) atoms. The number of halogens is 2. The lowest BCUT2D eigenvalue weighted by Crippen LogP contribution is -2.56. The number of carbonyl (C=O) groups is 7. The van der Waals surface area contributed by atoms with Crippen molar-refractivity contribution in [1.29, 1.82) is 0 Å². The molecule has 0 aromatic heterocycles. The highest BCUT2D eigenvalue weighted by Crippen LogP contribution is 2.48. The first kappa shape index (κ1) is 63.6. The second-order valence-corrected chi connectivity index (χ2v) is 23.7. The number of nitrogens with one attached hydrogen (secondary N) is 7. The first-order valence-electron chi connectivity index (χ1n) is 29.3. The third-order valence-corrected chi connectivity index (χ3v) is 17.0. The number of rotatable bonds is 4. The molecule has 7 heterocycles. The van der Waals surface area contributed by atoms with Crippen molar-refractivity contribution in [2.75, 3.05) is 32.9 Å². The van der Waals surface area contributed by atoms with E-state index in [4.69, 9.17) is 42.1 Å². The molecule has 27 nitrogen and oxygen atoms in total. The van der Waals surface area contributed by atoms with E-state index in [1.165, 1.54) is 71.6 Å². The normalized spacial score (nSPS) is 22.4. The van der Waals surface area contributed by atoms with Gasteiger partial charge >= 0.3 is 0 Å². The van der Waals surface area contributed by atoms with Crippen LogP contribution in [0.15, 0.2) is 115 Å². The van der Waals surface area contributed by atoms with Crippen LogP contribution in [0.5, 0.6) is 69.0 Å². The molecule has 0 spiro atoms. The minimum atomic E-state index is -2.17. The Morgan fingerprint density at radius 1 is 0.564 bits per heavy atom. The third-order valence-electron chi connectivity index (χ3n) is 16.4. The molecule has 15 N–H and O–H groups in total. The molecule has 7 aliphatic rings. The summed E-state index contributed by atoms with van der Waals surface area (Å²) in [5.74, 6) is -13.3. The maximum Gasteiger partial charge on any atom is 0.249 e. The predicted octanol–water partition coefficient (Wildman–Crippen LogP) is 4.77. The highest BCUT2D eigenvalue weighted by molar-refractivity contribution is 6.32. The molecule has 14 rings (SSSR count). The van der Waals surface area contributed by atoms with Crippen molar-refractivity contribution in [1.82, 2.24) is 42.1 Å². The molecule has 0 aliphatic carbocycles. The second-order valence-electron chi connectivity index (χ2n) is 22.9. The predicted molar refractivity (Wildman–Crippen MR) is 330 cm³/mol. The van der Waals surface area contributed by atoms with Crippen LogP contribution in [0.1, 0.15) is 82.2 Å². The van der Waals surface area contributed by atoms with Crippen LogP contribution in [0.3, 0.4) is 0 Å². The van der Waals surface area contributed by atoms with Crippen molar-refractivity contribution in [3.8, 4) is 80.1 Å². The zero-order valence-electron chi connectivity index (χ0n) is 49.2. The van der Waals surface area contributed by atoms with E-state index in [0.717, 1.165) is 48.5 Å². The molecule has 9 atom stereocenters. The second kappa shape index (κ2) is 25.9. The van der Waals surface area contributed by atoms with Crippen LogP contribution in [-0.4, -0.2) is 138 Å². The highest BCUT2D eigenvalue weighted by Gasteiger charge is 2.42. The Labute approximate surface area is 542 Å². The molecule has 0 radical (unpaired) electrons. The molecule has 1 unspecified atom stereocenters. The van der Waals surface area contributed by atoms with Crippen LogP contribution in [0, 0.1) is 0 Å². The zero-order chi connectivity index (χ0) is 66.5. The van der Waals surface area contributed by atoms with Gasteiger partial charge in [-0.15, -0.1) is 0 Å². The van der Waals surface area contributed by atoms with Crippen molar-refractivity contribution in [3.63, 3.8) is 0 Å². The molecule has 1 saturated heterocycles. The number of nitrogens with zero attached hydrogens (tertiary/aromatic N) is 1. The first-order chi connectivity index (χ1) is 45.0. The summed E-state index contributed by atoms with van der Waals surface area (Å²) in [6.07, 6.45) is -2.44. The zero-order valence-corrected chi connectivity index (χ0v) is 50.7. The van der Waals surface area contributed by atoms with E-state index in [0.29, 0.717) is 5.56 Å². The number of benzene rings is 7. The summed E-state index contributed by atoms with van der Waals surface area (Å²) in [6, 6.07) is 8.89. The van der Waals surface area contributed by atoms with Gasteiger partial charge in [0.25, 0.3) is 0 Å². The molecule has 7 aliphatic heterocycles. The average Bonchev–Trinajstić information content (AvgIpc) is 0.770. The molecule has 7 aromatic rings. The van der Waals surface area contributed by atoms with Crippen LogP contribution >= 0.6 is 23.2 Å². The molecule has 7 aromatic carbocycles. The quantitative estimate of drug-likeness (QED) is 0.113. The lowest BCUT2D eigenvalue weighted by molar-refractivity contribution is -0.142. The van der Waals surface area contributed by atoms with E-state index in [-0.39, 0.29) is 110 Å². The molecule has 17 bridgehead atoms. The fourth-order valence-electron chi connectivity index (χ4n) is 11.7. The number of aromatic hydroxyl groups is 6. The Kier molecular flexibility index (Phi) is 17.5. The topological polar surface area (TPSA) is 406 Å². The number of hydrogen-bond acceptors (Lipinski definition) is 20. The summed E-state index contributed by atoms with van der Waals surface area (Å²) in [5.41, 5.74) is -1.37. The van der Waals surface area contributed by atoms with Crippen molar-refractivity contribution < 1.29 is 93.4 Å². The number of ether oxygens (including phenoxy) is 4. The molecular weight excluding hydrogens is 1270 g/mol. The number of carbonyl (C=O) groups excluding carboxylic acids is 7. The number of phenols is 6. The van der Waals surface area contributed by atoms with E-state index < -0.39 is 148 Å². The van der Waals surface area contributed by atoms with Crippen LogP contribution in [0.25, 0.3) is 11.1 Å². The van der Waals surface area contributed by atoms with Gasteiger partial charge in [0.05, 0.1) is 29.9 Å². The van der Waals surface area contributed by atoms with Crippen molar-refractivity contribution in [3.05, 3.63) is 164 Å². The SMILES string of the molecule is CC(CO)N[C@@H]1C(=O)N[C@@H]2Cc3ccc(c(Cl)c3)Oc3cc4cc(c3O)Oc3ccc(cc3Cl)[C@@H](O)[C@@H]3NC(=O)[C@H](NC(=O)[C@@H]4NC(=O)[C@@H](NC2=O)c2cc(O)cc(c2)Oc2cc1ccc2O)c1ccc(O)c(c1)-c1c(O)cc(O)cc1[C@H](C(=O)N1CCOCC1)NC3=O. The fourth-order valence-corrected chi connectivity index (χ4v) is 12.2. The summed E-state index contributed by atoms with van der Waals surface area (Å²) in [4.78, 5) is 108. The van der Waals surface area contributed by atoms with E-state index in [1.807, 2.05) is 0 Å². The smallest absolute Gasteiger partial charge is 0.249 e. The summed E-state index contributed by atoms with van der Waals surface area (Å²) in [5, 5.41) is 110. The Balaban J connectivity index is 1.06.